The van der Waals surface area contributed by atoms with Gasteiger partial charge in [0, 0.05) is 18.4 Å². The third kappa shape index (κ3) is 5.31. The number of carboxylic acids is 1. The molecule has 1 aromatic heterocycles. The second kappa shape index (κ2) is 7.94. The molecule has 7 nitrogen and oxygen atoms in total. The first kappa shape index (κ1) is 17.4. The Kier molecular flexibility index (Phi) is 6.57. The van der Waals surface area contributed by atoms with Crippen LogP contribution in [-0.2, 0) is 21.9 Å². The average molecular weight is 313 g/mol. The van der Waals surface area contributed by atoms with E-state index in [1.807, 2.05) is 0 Å². The quantitative estimate of drug-likeness (QED) is 0.668. The van der Waals surface area contributed by atoms with Gasteiger partial charge in [0.25, 0.3) is 0 Å². The molecule has 8 heteroatoms. The highest BCUT2D eigenvalue weighted by molar-refractivity contribution is 7.98. The number of nitrogens with one attached hydrogen (secondary N) is 1. The number of carbonyl (C=O) groups excluding carboxylic acids is 1. The third-order valence-corrected chi connectivity index (χ3v) is 3.84. The van der Waals surface area contributed by atoms with E-state index in [1.54, 1.807) is 13.8 Å². The SMILES string of the molecule is CC(=O)NC(CSCc1nc(C)c(CO)nc1C)C(=O)O. The molecular formula is C13H19N3O4S. The minimum absolute atomic E-state index is 0.156. The van der Waals surface area contributed by atoms with Crippen LogP contribution in [0.4, 0.5) is 0 Å². The first-order chi connectivity index (χ1) is 9.85. The van der Waals surface area contributed by atoms with Gasteiger partial charge in [-0.1, -0.05) is 0 Å². The van der Waals surface area contributed by atoms with E-state index in [4.69, 9.17) is 10.2 Å². The number of hydrogen-bond donors (Lipinski definition) is 3. The highest BCUT2D eigenvalue weighted by Crippen LogP contribution is 2.16. The van der Waals surface area contributed by atoms with Gasteiger partial charge in [-0.2, -0.15) is 11.8 Å². The first-order valence-electron chi connectivity index (χ1n) is 6.36. The van der Waals surface area contributed by atoms with Crippen LogP contribution in [0, 0.1) is 13.8 Å². The molecule has 1 unspecified atom stereocenters. The molecule has 1 heterocycles. The maximum Gasteiger partial charge on any atom is 0.327 e. The van der Waals surface area contributed by atoms with E-state index in [1.165, 1.54) is 18.7 Å². The molecule has 0 spiro atoms. The molecule has 1 rings (SSSR count). The minimum Gasteiger partial charge on any atom is -0.480 e. The third-order valence-electron chi connectivity index (χ3n) is 2.79. The van der Waals surface area contributed by atoms with Gasteiger partial charge in [-0.25, -0.2) is 4.79 Å². The van der Waals surface area contributed by atoms with Crippen LogP contribution in [0.25, 0.3) is 0 Å². The zero-order valence-corrected chi connectivity index (χ0v) is 13.0. The van der Waals surface area contributed by atoms with E-state index in [-0.39, 0.29) is 18.3 Å². The molecule has 0 aliphatic rings. The van der Waals surface area contributed by atoms with Gasteiger partial charge in [-0.15, -0.1) is 0 Å². The van der Waals surface area contributed by atoms with Crippen molar-refractivity contribution in [1.29, 1.82) is 0 Å². The number of aromatic nitrogens is 2. The molecule has 1 aromatic rings. The van der Waals surface area contributed by atoms with Gasteiger partial charge < -0.3 is 15.5 Å². The van der Waals surface area contributed by atoms with Gasteiger partial charge in [0.2, 0.25) is 5.91 Å². The molecule has 116 valence electrons. The summed E-state index contributed by atoms with van der Waals surface area (Å²) in [6, 6.07) is -0.918. The number of aliphatic hydroxyl groups is 1. The van der Waals surface area contributed by atoms with Crippen LogP contribution in [0.2, 0.25) is 0 Å². The van der Waals surface area contributed by atoms with Crippen molar-refractivity contribution in [3.05, 3.63) is 22.8 Å². The highest BCUT2D eigenvalue weighted by Gasteiger charge is 2.18. The van der Waals surface area contributed by atoms with Gasteiger partial charge >= 0.3 is 5.97 Å². The largest absolute Gasteiger partial charge is 0.480 e. The number of thioether (sulfide) groups is 1. The van der Waals surface area contributed by atoms with E-state index in [0.717, 1.165) is 5.69 Å². The van der Waals surface area contributed by atoms with Crippen molar-refractivity contribution in [2.45, 2.75) is 39.2 Å². The Labute approximate surface area is 127 Å². The summed E-state index contributed by atoms with van der Waals surface area (Å²) >= 11 is 1.36. The summed E-state index contributed by atoms with van der Waals surface area (Å²) < 4.78 is 0. The summed E-state index contributed by atoms with van der Waals surface area (Å²) in [4.78, 5) is 30.6. The van der Waals surface area contributed by atoms with Crippen LogP contribution in [0.5, 0.6) is 0 Å². The maximum atomic E-state index is 11.0. The monoisotopic (exact) mass is 313 g/mol. The molecule has 21 heavy (non-hydrogen) atoms. The maximum absolute atomic E-state index is 11.0. The fourth-order valence-corrected chi connectivity index (χ4v) is 2.72. The summed E-state index contributed by atoms with van der Waals surface area (Å²) in [6.45, 7) is 4.69. The molecule has 0 aliphatic carbocycles. The molecule has 1 amide bonds. The van der Waals surface area contributed by atoms with Crippen molar-refractivity contribution in [1.82, 2.24) is 15.3 Å². The lowest BCUT2D eigenvalue weighted by atomic mass is 10.3. The van der Waals surface area contributed by atoms with E-state index in [2.05, 4.69) is 15.3 Å². The second-order valence-corrected chi connectivity index (χ2v) is 5.58. The van der Waals surface area contributed by atoms with Gasteiger partial charge in [0.15, 0.2) is 0 Å². The minimum atomic E-state index is -1.06. The lowest BCUT2D eigenvalue weighted by molar-refractivity contribution is -0.140. The smallest absolute Gasteiger partial charge is 0.327 e. The van der Waals surface area contributed by atoms with Crippen LogP contribution in [0.3, 0.4) is 0 Å². The van der Waals surface area contributed by atoms with Gasteiger partial charge in [-0.3, -0.25) is 14.8 Å². The van der Waals surface area contributed by atoms with Crippen LogP contribution in [0.1, 0.15) is 29.7 Å². The van der Waals surface area contributed by atoms with Crippen LogP contribution < -0.4 is 5.32 Å². The standard InChI is InChI=1S/C13H19N3O4S/c1-7-10(4-17)14-8(2)11(15-7)5-21-6-12(13(19)20)16-9(3)18/h12,17H,4-6H2,1-3H3,(H,16,18)(H,19,20). The van der Waals surface area contributed by atoms with Crippen molar-refractivity contribution < 1.29 is 19.8 Å². The lowest BCUT2D eigenvalue weighted by Crippen LogP contribution is -2.41. The predicted octanol–water partition coefficient (Wildman–Crippen LogP) is 0.408. The van der Waals surface area contributed by atoms with E-state index in [9.17, 15) is 9.59 Å². The Balaban J connectivity index is 2.64. The van der Waals surface area contributed by atoms with Crippen molar-refractivity contribution >= 4 is 23.6 Å². The molecule has 0 aromatic carbocycles. The number of rotatable bonds is 7. The van der Waals surface area contributed by atoms with E-state index >= 15 is 0 Å². The molecule has 0 saturated heterocycles. The van der Waals surface area contributed by atoms with Crippen molar-refractivity contribution in [3.8, 4) is 0 Å². The number of aryl methyl sites for hydroxylation is 2. The highest BCUT2D eigenvalue weighted by atomic mass is 32.2. The molecule has 0 fully saturated rings. The fraction of sp³-hybridized carbons (Fsp3) is 0.538. The Bertz CT molecular complexity index is 536. The van der Waals surface area contributed by atoms with Gasteiger partial charge in [0.1, 0.15) is 6.04 Å². The molecule has 0 radical (unpaired) electrons. The van der Waals surface area contributed by atoms with Crippen molar-refractivity contribution in [2.24, 2.45) is 0 Å². The summed E-state index contributed by atoms with van der Waals surface area (Å²) in [6.07, 6.45) is 0. The second-order valence-electron chi connectivity index (χ2n) is 4.55. The molecule has 0 aliphatic heterocycles. The van der Waals surface area contributed by atoms with Crippen molar-refractivity contribution in [2.75, 3.05) is 5.75 Å². The number of nitrogens with zero attached hydrogens (tertiary/aromatic N) is 2. The summed E-state index contributed by atoms with van der Waals surface area (Å²) in [5.74, 6) is -0.694. The lowest BCUT2D eigenvalue weighted by Gasteiger charge is -2.13. The predicted molar refractivity (Wildman–Crippen MR) is 78.8 cm³/mol. The number of aliphatic carboxylic acids is 1. The molecular weight excluding hydrogens is 294 g/mol. The summed E-state index contributed by atoms with van der Waals surface area (Å²) in [7, 11) is 0. The van der Waals surface area contributed by atoms with E-state index < -0.39 is 12.0 Å². The summed E-state index contributed by atoms with van der Waals surface area (Å²) in [5, 5.41) is 20.5. The fourth-order valence-electron chi connectivity index (χ4n) is 1.68. The number of carbonyl (C=O) groups is 2. The van der Waals surface area contributed by atoms with E-state index in [0.29, 0.717) is 22.8 Å². The number of aliphatic hydroxyl groups excluding tert-OH is 1. The Morgan fingerprint density at radius 2 is 1.81 bits per heavy atom. The number of hydrogen-bond acceptors (Lipinski definition) is 6. The first-order valence-corrected chi connectivity index (χ1v) is 7.52. The number of amides is 1. The Hall–Kier alpha value is -1.67. The van der Waals surface area contributed by atoms with Crippen LogP contribution in [-0.4, -0.2) is 43.9 Å². The molecule has 1 atom stereocenters. The average Bonchev–Trinajstić information content (AvgIpc) is 2.40. The molecule has 0 bridgehead atoms. The van der Waals surface area contributed by atoms with Crippen molar-refractivity contribution in [3.63, 3.8) is 0 Å². The Morgan fingerprint density at radius 1 is 1.24 bits per heavy atom. The van der Waals surface area contributed by atoms with Gasteiger partial charge in [0.05, 0.1) is 29.4 Å². The zero-order chi connectivity index (χ0) is 16.0. The van der Waals surface area contributed by atoms with Gasteiger partial charge in [-0.05, 0) is 13.8 Å². The summed E-state index contributed by atoms with van der Waals surface area (Å²) in [5.41, 5.74) is 2.67. The topological polar surface area (TPSA) is 112 Å². The Morgan fingerprint density at radius 3 is 2.33 bits per heavy atom. The number of carboxylic acid groups (broad SMARTS) is 1. The van der Waals surface area contributed by atoms with Crippen LogP contribution >= 0.6 is 11.8 Å². The molecule has 3 N–H and O–H groups in total. The molecule has 0 saturated carbocycles. The van der Waals surface area contributed by atoms with Crippen LogP contribution in [0.15, 0.2) is 0 Å². The zero-order valence-electron chi connectivity index (χ0n) is 12.2. The normalized spacial score (nSPS) is 12.0.